The fraction of sp³-hybridized carbons (Fsp3) is 0.438. The van der Waals surface area contributed by atoms with Gasteiger partial charge in [0.05, 0.1) is 11.4 Å². The first-order valence-electron chi connectivity index (χ1n) is 7.51. The number of pyridine rings is 1. The van der Waals surface area contributed by atoms with Crippen molar-refractivity contribution in [1.82, 2.24) is 24.5 Å². The Morgan fingerprint density at radius 1 is 1.27 bits per heavy atom. The number of fused-ring (bicyclic) bond motifs is 1. The summed E-state index contributed by atoms with van der Waals surface area (Å²) < 4.78 is 4.91. The van der Waals surface area contributed by atoms with Crippen LogP contribution in [-0.2, 0) is 13.5 Å². The average molecular weight is 409 g/mol. The summed E-state index contributed by atoms with van der Waals surface area (Å²) in [4.78, 5) is 4.72. The van der Waals surface area contributed by atoms with Gasteiger partial charge in [-0.2, -0.15) is 10.2 Å². The molecule has 0 spiro atoms. The molecule has 0 saturated heterocycles. The van der Waals surface area contributed by atoms with E-state index in [-0.39, 0.29) is 0 Å². The Bertz CT molecular complexity index is 844. The Balaban J connectivity index is 2.27. The Kier molecular flexibility index (Phi) is 3.96. The first-order valence-corrected chi connectivity index (χ1v) is 8.58. The molecular formula is C16H20IN5. The first kappa shape index (κ1) is 15.5. The number of hydrogen-bond acceptors (Lipinski definition) is 3. The Hall–Kier alpha value is -1.44. The second-order valence-corrected chi connectivity index (χ2v) is 6.90. The molecule has 3 aromatic heterocycles. The van der Waals surface area contributed by atoms with E-state index in [1.54, 1.807) is 4.68 Å². The van der Waals surface area contributed by atoms with Crippen LogP contribution in [0.2, 0.25) is 0 Å². The van der Waals surface area contributed by atoms with E-state index in [0.29, 0.717) is 5.92 Å². The van der Waals surface area contributed by atoms with Crippen molar-refractivity contribution in [2.75, 3.05) is 0 Å². The lowest BCUT2D eigenvalue weighted by Crippen LogP contribution is -2.06. The fourth-order valence-corrected chi connectivity index (χ4v) is 4.14. The normalized spacial score (nSPS) is 11.8. The number of nitrogens with zero attached hydrogens (tertiary/aromatic N) is 5. The zero-order valence-corrected chi connectivity index (χ0v) is 15.7. The van der Waals surface area contributed by atoms with Crippen LogP contribution in [0.15, 0.2) is 12.3 Å². The van der Waals surface area contributed by atoms with Gasteiger partial charge in [-0.1, -0.05) is 20.8 Å². The van der Waals surface area contributed by atoms with Crippen molar-refractivity contribution in [3.8, 4) is 5.69 Å². The predicted molar refractivity (Wildman–Crippen MR) is 96.6 cm³/mol. The van der Waals surface area contributed by atoms with E-state index < -0.39 is 0 Å². The molecule has 6 heteroatoms. The SMILES string of the molecule is CCc1nc2nn(C)cc2cc1-n1nc(I)c(C(C)C)c1C. The van der Waals surface area contributed by atoms with E-state index in [0.717, 1.165) is 32.5 Å². The monoisotopic (exact) mass is 409 g/mol. The van der Waals surface area contributed by atoms with Gasteiger partial charge in [0.25, 0.3) is 0 Å². The second-order valence-electron chi connectivity index (χ2n) is 5.88. The summed E-state index contributed by atoms with van der Waals surface area (Å²) in [6, 6.07) is 2.15. The molecule has 3 heterocycles. The number of halogens is 1. The van der Waals surface area contributed by atoms with Crippen molar-refractivity contribution in [1.29, 1.82) is 0 Å². The van der Waals surface area contributed by atoms with Gasteiger partial charge in [0.2, 0.25) is 0 Å². The predicted octanol–water partition coefficient (Wildman–Crippen LogP) is 3.75. The molecule has 3 rings (SSSR count). The standard InChI is InChI=1S/C16H20IN5/c1-6-12-13(7-11-8-21(5)20-16(11)18-12)22-10(4)14(9(2)3)15(17)19-22/h7-9H,6H2,1-5H3. The molecule has 116 valence electrons. The maximum atomic E-state index is 4.76. The molecule has 0 saturated carbocycles. The van der Waals surface area contributed by atoms with Gasteiger partial charge in [0.1, 0.15) is 3.70 Å². The number of hydrogen-bond donors (Lipinski definition) is 0. The van der Waals surface area contributed by atoms with Gasteiger partial charge >= 0.3 is 0 Å². The highest BCUT2D eigenvalue weighted by Crippen LogP contribution is 2.28. The summed E-state index contributed by atoms with van der Waals surface area (Å²) in [6.07, 6.45) is 2.85. The van der Waals surface area contributed by atoms with Crippen LogP contribution in [-0.4, -0.2) is 24.5 Å². The quantitative estimate of drug-likeness (QED) is 0.620. The number of aromatic nitrogens is 5. The Morgan fingerprint density at radius 3 is 2.59 bits per heavy atom. The molecule has 5 nitrogen and oxygen atoms in total. The van der Waals surface area contributed by atoms with Crippen molar-refractivity contribution in [2.45, 2.75) is 40.0 Å². The first-order chi connectivity index (χ1) is 10.4. The lowest BCUT2D eigenvalue weighted by Gasteiger charge is -2.10. The zero-order valence-electron chi connectivity index (χ0n) is 13.6. The Morgan fingerprint density at radius 2 is 2.00 bits per heavy atom. The third-order valence-corrected chi connectivity index (χ3v) is 4.72. The molecule has 0 atom stereocenters. The van der Waals surface area contributed by atoms with E-state index in [1.165, 1.54) is 11.3 Å². The van der Waals surface area contributed by atoms with Crippen molar-refractivity contribution in [3.05, 3.63) is 32.9 Å². The van der Waals surface area contributed by atoms with Gasteiger partial charge in [-0.15, -0.1) is 0 Å². The highest BCUT2D eigenvalue weighted by atomic mass is 127. The van der Waals surface area contributed by atoms with E-state index in [1.807, 2.05) is 17.9 Å². The molecule has 0 unspecified atom stereocenters. The third kappa shape index (κ3) is 2.43. The van der Waals surface area contributed by atoms with Gasteiger partial charge in [0, 0.05) is 29.9 Å². The molecule has 0 radical (unpaired) electrons. The van der Waals surface area contributed by atoms with Crippen LogP contribution in [0.1, 0.15) is 43.6 Å². The molecule has 0 aliphatic carbocycles. The van der Waals surface area contributed by atoms with Gasteiger partial charge < -0.3 is 0 Å². The van der Waals surface area contributed by atoms with E-state index in [4.69, 9.17) is 10.1 Å². The van der Waals surface area contributed by atoms with E-state index in [2.05, 4.69) is 61.5 Å². The summed E-state index contributed by atoms with van der Waals surface area (Å²) in [5, 5.41) is 10.2. The number of aryl methyl sites for hydroxylation is 2. The van der Waals surface area contributed by atoms with Crippen LogP contribution >= 0.6 is 22.6 Å². The topological polar surface area (TPSA) is 48.5 Å². The number of rotatable bonds is 3. The van der Waals surface area contributed by atoms with Crippen molar-refractivity contribution < 1.29 is 0 Å². The zero-order chi connectivity index (χ0) is 16.0. The lowest BCUT2D eigenvalue weighted by atomic mass is 10.0. The molecule has 3 aromatic rings. The van der Waals surface area contributed by atoms with Crippen molar-refractivity contribution in [2.24, 2.45) is 7.05 Å². The van der Waals surface area contributed by atoms with Crippen LogP contribution in [0, 0.1) is 10.6 Å². The molecule has 0 aliphatic rings. The molecule has 0 aliphatic heterocycles. The maximum absolute atomic E-state index is 4.76. The van der Waals surface area contributed by atoms with Gasteiger partial charge in [-0.05, 0) is 47.9 Å². The molecule has 0 fully saturated rings. The highest BCUT2D eigenvalue weighted by Gasteiger charge is 2.19. The lowest BCUT2D eigenvalue weighted by molar-refractivity contribution is 0.773. The fourth-order valence-electron chi connectivity index (χ4n) is 2.91. The minimum Gasteiger partial charge on any atom is -0.273 e. The van der Waals surface area contributed by atoms with Crippen LogP contribution in [0.4, 0.5) is 0 Å². The molecule has 0 aromatic carbocycles. The summed E-state index contributed by atoms with van der Waals surface area (Å²) in [6.45, 7) is 8.67. The summed E-state index contributed by atoms with van der Waals surface area (Å²) >= 11 is 2.33. The summed E-state index contributed by atoms with van der Waals surface area (Å²) in [5.41, 5.74) is 5.40. The maximum Gasteiger partial charge on any atom is 0.181 e. The van der Waals surface area contributed by atoms with Crippen LogP contribution < -0.4 is 0 Å². The van der Waals surface area contributed by atoms with E-state index >= 15 is 0 Å². The smallest absolute Gasteiger partial charge is 0.181 e. The van der Waals surface area contributed by atoms with Gasteiger partial charge in [-0.25, -0.2) is 9.67 Å². The molecule has 22 heavy (non-hydrogen) atoms. The average Bonchev–Trinajstić information content (AvgIpc) is 2.95. The van der Waals surface area contributed by atoms with Gasteiger partial charge in [0.15, 0.2) is 5.65 Å². The minimum absolute atomic E-state index is 0.459. The second kappa shape index (κ2) is 5.64. The molecule has 0 bridgehead atoms. The van der Waals surface area contributed by atoms with Crippen molar-refractivity contribution in [3.63, 3.8) is 0 Å². The van der Waals surface area contributed by atoms with Crippen LogP contribution in [0.25, 0.3) is 16.7 Å². The summed E-state index contributed by atoms with van der Waals surface area (Å²) in [5.74, 6) is 0.459. The van der Waals surface area contributed by atoms with E-state index in [9.17, 15) is 0 Å². The highest BCUT2D eigenvalue weighted by molar-refractivity contribution is 14.1. The largest absolute Gasteiger partial charge is 0.273 e. The van der Waals surface area contributed by atoms with Crippen LogP contribution in [0.5, 0.6) is 0 Å². The Labute approximate surface area is 143 Å². The summed E-state index contributed by atoms with van der Waals surface area (Å²) in [7, 11) is 1.92. The van der Waals surface area contributed by atoms with Crippen molar-refractivity contribution >= 4 is 33.6 Å². The van der Waals surface area contributed by atoms with Crippen LogP contribution in [0.3, 0.4) is 0 Å². The molecule has 0 amide bonds. The third-order valence-electron chi connectivity index (χ3n) is 3.92. The van der Waals surface area contributed by atoms with Gasteiger partial charge in [-0.3, -0.25) is 4.68 Å². The molecular weight excluding hydrogens is 389 g/mol. The molecule has 0 N–H and O–H groups in total. The minimum atomic E-state index is 0.459.